The second-order valence-electron chi connectivity index (χ2n) is 6.37. The van der Waals surface area contributed by atoms with Crippen molar-refractivity contribution in [1.82, 2.24) is 4.98 Å². The van der Waals surface area contributed by atoms with Gasteiger partial charge in [0.25, 0.3) is 0 Å². The smallest absolute Gasteiger partial charge is 0.230 e. The van der Waals surface area contributed by atoms with Gasteiger partial charge in [0.05, 0.1) is 27.8 Å². The Labute approximate surface area is 156 Å². The highest BCUT2D eigenvalue weighted by Gasteiger charge is 2.22. The molecule has 132 valence electrons. The summed E-state index contributed by atoms with van der Waals surface area (Å²) in [7, 11) is 0. The van der Waals surface area contributed by atoms with Crippen LogP contribution in [-0.4, -0.2) is 23.3 Å². The first kappa shape index (κ1) is 17.9. The van der Waals surface area contributed by atoms with Crippen LogP contribution in [0.1, 0.15) is 43.3 Å². The molecule has 0 unspecified atom stereocenters. The molecule has 25 heavy (non-hydrogen) atoms. The Bertz CT molecular complexity index is 803. The van der Waals surface area contributed by atoms with E-state index in [2.05, 4.69) is 24.1 Å². The Morgan fingerprint density at radius 3 is 2.88 bits per heavy atom. The van der Waals surface area contributed by atoms with Crippen molar-refractivity contribution < 1.29 is 9.59 Å². The zero-order chi connectivity index (χ0) is 18.0. The van der Waals surface area contributed by atoms with E-state index in [-0.39, 0.29) is 18.2 Å². The quantitative estimate of drug-likeness (QED) is 0.848. The van der Waals surface area contributed by atoms with Gasteiger partial charge in [-0.2, -0.15) is 0 Å². The SMILES string of the molecule is CC(C)c1nc(CC(=O)Nc2cc(N3CCCC3=O)ccc2Cl)cs1. The third-order valence-corrected chi connectivity index (χ3v) is 5.54. The van der Waals surface area contributed by atoms with Crippen molar-refractivity contribution in [3.63, 3.8) is 0 Å². The molecule has 2 amide bonds. The Kier molecular flexibility index (Phi) is 5.39. The maximum Gasteiger partial charge on any atom is 0.230 e. The zero-order valence-corrected chi connectivity index (χ0v) is 15.8. The van der Waals surface area contributed by atoms with Gasteiger partial charge in [-0.1, -0.05) is 25.4 Å². The molecule has 1 aliphatic heterocycles. The molecule has 0 saturated carbocycles. The lowest BCUT2D eigenvalue weighted by atomic mass is 10.2. The molecule has 1 aromatic heterocycles. The second kappa shape index (κ2) is 7.54. The van der Waals surface area contributed by atoms with E-state index in [1.807, 2.05) is 5.38 Å². The number of halogens is 1. The average molecular weight is 378 g/mol. The van der Waals surface area contributed by atoms with Crippen molar-refractivity contribution in [3.8, 4) is 0 Å². The molecule has 1 N–H and O–H groups in total. The maximum absolute atomic E-state index is 12.3. The molecular weight excluding hydrogens is 358 g/mol. The van der Waals surface area contributed by atoms with Crippen molar-refractivity contribution in [2.75, 3.05) is 16.8 Å². The minimum Gasteiger partial charge on any atom is -0.324 e. The summed E-state index contributed by atoms with van der Waals surface area (Å²) in [5.74, 6) is 0.279. The van der Waals surface area contributed by atoms with Crippen molar-refractivity contribution in [1.29, 1.82) is 0 Å². The Morgan fingerprint density at radius 2 is 2.24 bits per heavy atom. The van der Waals surface area contributed by atoms with E-state index in [1.54, 1.807) is 34.4 Å². The van der Waals surface area contributed by atoms with Crippen LogP contribution in [0.25, 0.3) is 0 Å². The molecule has 0 atom stereocenters. The van der Waals surface area contributed by atoms with Crippen LogP contribution in [0.5, 0.6) is 0 Å². The Hall–Kier alpha value is -1.92. The fourth-order valence-electron chi connectivity index (χ4n) is 2.73. The van der Waals surface area contributed by atoms with Crippen LogP contribution >= 0.6 is 22.9 Å². The van der Waals surface area contributed by atoms with Crippen molar-refractivity contribution in [2.24, 2.45) is 0 Å². The van der Waals surface area contributed by atoms with E-state index in [0.717, 1.165) is 22.8 Å². The first-order valence-electron chi connectivity index (χ1n) is 8.28. The summed E-state index contributed by atoms with van der Waals surface area (Å²) in [6, 6.07) is 5.26. The van der Waals surface area contributed by atoms with E-state index in [9.17, 15) is 9.59 Å². The van der Waals surface area contributed by atoms with Gasteiger partial charge in [-0.05, 0) is 24.6 Å². The van der Waals surface area contributed by atoms with Gasteiger partial charge >= 0.3 is 0 Å². The summed E-state index contributed by atoms with van der Waals surface area (Å²) >= 11 is 7.77. The number of rotatable bonds is 5. The van der Waals surface area contributed by atoms with Gasteiger partial charge in [0, 0.05) is 30.0 Å². The van der Waals surface area contributed by atoms with Crippen LogP contribution in [0.3, 0.4) is 0 Å². The van der Waals surface area contributed by atoms with Crippen LogP contribution in [0.2, 0.25) is 5.02 Å². The van der Waals surface area contributed by atoms with Gasteiger partial charge in [0.15, 0.2) is 0 Å². The van der Waals surface area contributed by atoms with Crippen LogP contribution in [0.4, 0.5) is 11.4 Å². The highest BCUT2D eigenvalue weighted by Crippen LogP contribution is 2.30. The van der Waals surface area contributed by atoms with Crippen molar-refractivity contribution in [2.45, 2.75) is 39.0 Å². The number of nitrogens with zero attached hydrogens (tertiary/aromatic N) is 2. The first-order valence-corrected chi connectivity index (χ1v) is 9.54. The highest BCUT2D eigenvalue weighted by molar-refractivity contribution is 7.09. The number of nitrogens with one attached hydrogen (secondary N) is 1. The molecular formula is C18H20ClN3O2S. The molecule has 5 nitrogen and oxygen atoms in total. The molecule has 3 rings (SSSR count). The minimum absolute atomic E-state index is 0.100. The summed E-state index contributed by atoms with van der Waals surface area (Å²) in [6.45, 7) is 4.85. The number of hydrogen-bond donors (Lipinski definition) is 1. The number of carbonyl (C=O) groups excluding carboxylic acids is 2. The molecule has 1 aliphatic rings. The van der Waals surface area contributed by atoms with Gasteiger partial charge in [-0.25, -0.2) is 4.98 Å². The summed E-state index contributed by atoms with van der Waals surface area (Å²) in [6.07, 6.45) is 1.61. The van der Waals surface area contributed by atoms with E-state index in [1.165, 1.54) is 0 Å². The fourth-order valence-corrected chi connectivity index (χ4v) is 3.73. The van der Waals surface area contributed by atoms with Crippen molar-refractivity contribution >= 4 is 46.1 Å². The predicted molar refractivity (Wildman–Crippen MR) is 102 cm³/mol. The number of hydrogen-bond acceptors (Lipinski definition) is 4. The molecule has 0 spiro atoms. The molecule has 0 aliphatic carbocycles. The fraction of sp³-hybridized carbons (Fsp3) is 0.389. The third kappa shape index (κ3) is 4.19. The lowest BCUT2D eigenvalue weighted by molar-refractivity contribution is -0.117. The summed E-state index contributed by atoms with van der Waals surface area (Å²) in [4.78, 5) is 30.4. The minimum atomic E-state index is -0.174. The van der Waals surface area contributed by atoms with Gasteiger partial charge in [-0.3, -0.25) is 9.59 Å². The van der Waals surface area contributed by atoms with E-state index < -0.39 is 0 Å². The number of carbonyl (C=O) groups is 2. The standard InChI is InChI=1S/C18H20ClN3O2S/c1-11(2)18-20-12(10-25-18)8-16(23)21-15-9-13(5-6-14(15)19)22-7-3-4-17(22)24/h5-6,9-11H,3-4,7-8H2,1-2H3,(H,21,23). The van der Waals surface area contributed by atoms with Crippen LogP contribution in [0.15, 0.2) is 23.6 Å². The lowest BCUT2D eigenvalue weighted by Gasteiger charge is -2.17. The van der Waals surface area contributed by atoms with Crippen LogP contribution in [0, 0.1) is 0 Å². The Balaban J connectivity index is 1.70. The maximum atomic E-state index is 12.3. The topological polar surface area (TPSA) is 62.3 Å². The Morgan fingerprint density at radius 1 is 1.44 bits per heavy atom. The predicted octanol–water partition coefficient (Wildman–Crippen LogP) is 4.23. The number of thiazole rings is 1. The largest absolute Gasteiger partial charge is 0.324 e. The van der Waals surface area contributed by atoms with Crippen LogP contribution < -0.4 is 10.2 Å². The van der Waals surface area contributed by atoms with E-state index >= 15 is 0 Å². The molecule has 1 aromatic carbocycles. The zero-order valence-electron chi connectivity index (χ0n) is 14.2. The van der Waals surface area contributed by atoms with E-state index in [4.69, 9.17) is 11.6 Å². The van der Waals surface area contributed by atoms with Gasteiger partial charge in [0.2, 0.25) is 11.8 Å². The molecule has 1 saturated heterocycles. The number of anilines is 2. The monoisotopic (exact) mass is 377 g/mol. The average Bonchev–Trinajstić information content (AvgIpc) is 3.18. The molecule has 7 heteroatoms. The summed E-state index contributed by atoms with van der Waals surface area (Å²) in [5.41, 5.74) is 2.04. The van der Waals surface area contributed by atoms with E-state index in [0.29, 0.717) is 29.6 Å². The first-order chi connectivity index (χ1) is 11.9. The highest BCUT2D eigenvalue weighted by atomic mass is 35.5. The van der Waals surface area contributed by atoms with Gasteiger partial charge in [0.1, 0.15) is 0 Å². The number of aromatic nitrogens is 1. The normalized spacial score (nSPS) is 14.4. The van der Waals surface area contributed by atoms with Crippen molar-refractivity contribution in [3.05, 3.63) is 39.3 Å². The molecule has 1 fully saturated rings. The van der Waals surface area contributed by atoms with Gasteiger partial charge < -0.3 is 10.2 Å². The number of benzene rings is 1. The molecule has 0 radical (unpaired) electrons. The second-order valence-corrected chi connectivity index (χ2v) is 7.67. The molecule has 2 aromatic rings. The van der Waals surface area contributed by atoms with Crippen LogP contribution in [-0.2, 0) is 16.0 Å². The molecule has 2 heterocycles. The molecule has 0 bridgehead atoms. The summed E-state index contributed by atoms with van der Waals surface area (Å²) in [5, 5.41) is 6.22. The summed E-state index contributed by atoms with van der Waals surface area (Å²) < 4.78 is 0. The van der Waals surface area contributed by atoms with Gasteiger partial charge in [-0.15, -0.1) is 11.3 Å². The number of amides is 2. The third-order valence-electron chi connectivity index (χ3n) is 4.01. The lowest BCUT2D eigenvalue weighted by Crippen LogP contribution is -2.24.